The van der Waals surface area contributed by atoms with E-state index < -0.39 is 17.1 Å². The normalized spacial score (nSPS) is 15.8. The van der Waals surface area contributed by atoms with Crippen molar-refractivity contribution in [3.05, 3.63) is 52.4 Å². The molecule has 28 heavy (non-hydrogen) atoms. The lowest BCUT2D eigenvalue weighted by molar-refractivity contribution is -0.149. The van der Waals surface area contributed by atoms with Crippen LogP contribution in [-0.4, -0.2) is 44.2 Å². The fraction of sp³-hybridized carbons (Fsp3) is 0.300. The number of carbonyl (C=O) groups excluding carboxylic acids is 3. The average molecular weight is 399 g/mol. The second kappa shape index (κ2) is 8.02. The number of hydrogen-bond acceptors (Lipinski definition) is 6. The largest absolute Gasteiger partial charge is 0.462 e. The van der Waals surface area contributed by atoms with E-state index in [0.29, 0.717) is 0 Å². The Hall–Kier alpha value is -2.87. The molecular weight excluding hydrogens is 378 g/mol. The van der Waals surface area contributed by atoms with Crippen molar-refractivity contribution < 1.29 is 19.1 Å². The summed E-state index contributed by atoms with van der Waals surface area (Å²) < 4.78 is 7.08. The van der Waals surface area contributed by atoms with Gasteiger partial charge in [-0.2, -0.15) is 0 Å². The summed E-state index contributed by atoms with van der Waals surface area (Å²) in [7, 11) is 0. The van der Waals surface area contributed by atoms with E-state index in [2.05, 4.69) is 9.55 Å². The second-order valence-corrected chi connectivity index (χ2v) is 7.67. The quantitative estimate of drug-likeness (QED) is 0.566. The molecule has 0 atom stereocenters. The third kappa shape index (κ3) is 4.01. The Morgan fingerprint density at radius 1 is 1.25 bits per heavy atom. The Bertz CT molecular complexity index is 963. The third-order valence-electron chi connectivity index (χ3n) is 4.21. The zero-order chi connectivity index (χ0) is 20.4. The number of pyridine rings is 1. The van der Waals surface area contributed by atoms with Crippen molar-refractivity contribution in [2.75, 3.05) is 6.54 Å². The maximum Gasteiger partial charge on any atom is 0.326 e. The molecule has 8 heteroatoms. The van der Waals surface area contributed by atoms with Gasteiger partial charge in [0.05, 0.1) is 11.0 Å². The maximum atomic E-state index is 12.6. The van der Waals surface area contributed by atoms with Gasteiger partial charge in [0.1, 0.15) is 6.54 Å². The molecule has 3 rings (SSSR count). The number of thioether (sulfide) groups is 1. The predicted molar refractivity (Wildman–Crippen MR) is 107 cm³/mol. The van der Waals surface area contributed by atoms with Gasteiger partial charge >= 0.3 is 5.97 Å². The number of nitrogens with zero attached hydrogens (tertiary/aromatic N) is 3. The molecule has 1 saturated heterocycles. The van der Waals surface area contributed by atoms with Crippen molar-refractivity contribution in [3.8, 4) is 5.69 Å². The van der Waals surface area contributed by atoms with Crippen LogP contribution in [0.5, 0.6) is 0 Å². The van der Waals surface area contributed by atoms with E-state index in [9.17, 15) is 14.4 Å². The number of carbonyl (C=O) groups is 3. The fourth-order valence-corrected chi connectivity index (χ4v) is 3.86. The molecule has 7 nitrogen and oxygen atoms in total. The molecule has 0 unspecified atom stereocenters. The van der Waals surface area contributed by atoms with Crippen molar-refractivity contribution in [1.29, 1.82) is 0 Å². The average Bonchev–Trinajstić information content (AvgIpc) is 3.05. The Morgan fingerprint density at radius 2 is 1.93 bits per heavy atom. The Balaban J connectivity index is 1.86. The van der Waals surface area contributed by atoms with Gasteiger partial charge in [0, 0.05) is 29.5 Å². The van der Waals surface area contributed by atoms with Crippen molar-refractivity contribution in [2.45, 2.75) is 33.8 Å². The molecule has 1 fully saturated rings. The van der Waals surface area contributed by atoms with Crippen LogP contribution in [0.2, 0.25) is 0 Å². The van der Waals surface area contributed by atoms with Crippen LogP contribution in [0.3, 0.4) is 0 Å². The van der Waals surface area contributed by atoms with E-state index in [0.717, 1.165) is 39.3 Å². The Kier molecular flexibility index (Phi) is 5.69. The van der Waals surface area contributed by atoms with Gasteiger partial charge in [0.25, 0.3) is 11.1 Å². The lowest BCUT2D eigenvalue weighted by Crippen LogP contribution is -2.35. The zero-order valence-electron chi connectivity index (χ0n) is 16.1. The van der Waals surface area contributed by atoms with Gasteiger partial charge in [-0.25, -0.2) is 0 Å². The van der Waals surface area contributed by atoms with Gasteiger partial charge in [0.2, 0.25) is 0 Å². The number of rotatable bonds is 5. The van der Waals surface area contributed by atoms with Gasteiger partial charge in [-0.1, -0.05) is 0 Å². The Morgan fingerprint density at radius 3 is 2.57 bits per heavy atom. The molecule has 1 aliphatic rings. The molecule has 1 aliphatic heterocycles. The topological polar surface area (TPSA) is 81.5 Å². The highest BCUT2D eigenvalue weighted by molar-refractivity contribution is 8.18. The summed E-state index contributed by atoms with van der Waals surface area (Å²) in [5.74, 6) is -1.08. The lowest BCUT2D eigenvalue weighted by Gasteiger charge is -2.13. The molecule has 0 N–H and O–H groups in total. The van der Waals surface area contributed by atoms with Crippen molar-refractivity contribution >= 4 is 35.0 Å². The van der Waals surface area contributed by atoms with Crippen LogP contribution < -0.4 is 0 Å². The van der Waals surface area contributed by atoms with Gasteiger partial charge in [-0.3, -0.25) is 24.3 Å². The van der Waals surface area contributed by atoms with Crippen LogP contribution in [0.4, 0.5) is 4.79 Å². The number of imide groups is 1. The van der Waals surface area contributed by atoms with E-state index >= 15 is 0 Å². The van der Waals surface area contributed by atoms with Crippen LogP contribution >= 0.6 is 11.8 Å². The minimum Gasteiger partial charge on any atom is -0.462 e. The number of esters is 1. The van der Waals surface area contributed by atoms with Crippen LogP contribution in [-0.2, 0) is 14.3 Å². The summed E-state index contributed by atoms with van der Waals surface area (Å²) in [6.07, 6.45) is 4.82. The van der Waals surface area contributed by atoms with Gasteiger partial charge in [-0.15, -0.1) is 0 Å². The number of amides is 2. The molecule has 0 spiro atoms. The fourth-order valence-electron chi connectivity index (χ4n) is 3.03. The lowest BCUT2D eigenvalue weighted by atomic mass is 10.2. The molecule has 146 valence electrons. The van der Waals surface area contributed by atoms with E-state index in [1.54, 1.807) is 32.3 Å². The minimum atomic E-state index is -0.602. The Labute approximate surface area is 167 Å². The van der Waals surface area contributed by atoms with E-state index in [-0.39, 0.29) is 17.6 Å². The molecule has 0 bridgehead atoms. The number of ether oxygens (including phenoxy) is 1. The highest BCUT2D eigenvalue weighted by Gasteiger charge is 2.37. The molecule has 2 aromatic rings. The monoisotopic (exact) mass is 399 g/mol. The number of aromatic nitrogens is 2. The third-order valence-corrected chi connectivity index (χ3v) is 5.11. The number of aryl methyl sites for hydroxylation is 1. The van der Waals surface area contributed by atoms with Gasteiger partial charge in [-0.05, 0) is 69.3 Å². The van der Waals surface area contributed by atoms with E-state index in [4.69, 9.17) is 4.74 Å². The molecule has 0 radical (unpaired) electrons. The standard InChI is InChI=1S/C20H21N3O4S/c1-12(2)27-18(24)11-22-19(25)17(28-20(22)26)10-15-9-13(3)23(14(15)4)16-5-7-21-8-6-16/h5-10,12H,11H2,1-4H3/b17-10+. The molecular formula is C20H21N3O4S. The van der Waals surface area contributed by atoms with E-state index in [1.165, 1.54) is 0 Å². The smallest absolute Gasteiger partial charge is 0.326 e. The highest BCUT2D eigenvalue weighted by atomic mass is 32.2. The predicted octanol–water partition coefficient (Wildman–Crippen LogP) is 3.48. The molecule has 0 aromatic carbocycles. The summed E-state index contributed by atoms with van der Waals surface area (Å²) >= 11 is 0.829. The van der Waals surface area contributed by atoms with Gasteiger partial charge < -0.3 is 9.30 Å². The summed E-state index contributed by atoms with van der Waals surface area (Å²) in [5.41, 5.74) is 3.74. The SMILES string of the molecule is Cc1cc(/C=C2/SC(=O)N(CC(=O)OC(C)C)C2=O)c(C)n1-c1ccncc1. The number of hydrogen-bond donors (Lipinski definition) is 0. The molecule has 0 saturated carbocycles. The van der Waals surface area contributed by atoms with Crippen molar-refractivity contribution in [1.82, 2.24) is 14.5 Å². The molecule has 2 amide bonds. The summed E-state index contributed by atoms with van der Waals surface area (Å²) in [6.45, 7) is 6.96. The molecule has 0 aliphatic carbocycles. The first-order valence-electron chi connectivity index (χ1n) is 8.82. The summed E-state index contributed by atoms with van der Waals surface area (Å²) in [5, 5.41) is -0.472. The molecule has 3 heterocycles. The molecule has 2 aromatic heterocycles. The van der Waals surface area contributed by atoms with Crippen LogP contribution in [0.25, 0.3) is 11.8 Å². The first-order chi connectivity index (χ1) is 13.3. The second-order valence-electron chi connectivity index (χ2n) is 6.67. The first-order valence-corrected chi connectivity index (χ1v) is 9.63. The first kappa shape index (κ1) is 19.9. The highest BCUT2D eigenvalue weighted by Crippen LogP contribution is 2.33. The maximum absolute atomic E-state index is 12.6. The van der Waals surface area contributed by atoms with Crippen LogP contribution in [0.15, 0.2) is 35.5 Å². The summed E-state index contributed by atoms with van der Waals surface area (Å²) in [4.78, 5) is 41.9. The summed E-state index contributed by atoms with van der Waals surface area (Å²) in [6, 6.07) is 5.76. The van der Waals surface area contributed by atoms with E-state index in [1.807, 2.05) is 32.0 Å². The van der Waals surface area contributed by atoms with Crippen molar-refractivity contribution in [3.63, 3.8) is 0 Å². The van der Waals surface area contributed by atoms with Crippen molar-refractivity contribution in [2.24, 2.45) is 0 Å². The zero-order valence-corrected chi connectivity index (χ0v) is 16.9. The van der Waals surface area contributed by atoms with Crippen LogP contribution in [0, 0.1) is 13.8 Å². The minimum absolute atomic E-state index is 0.289. The van der Waals surface area contributed by atoms with Gasteiger partial charge in [0.15, 0.2) is 0 Å². The van der Waals surface area contributed by atoms with Crippen LogP contribution in [0.1, 0.15) is 30.8 Å².